The maximum Gasteiger partial charge on any atom is 0.0981 e. The van der Waals surface area contributed by atoms with Crippen molar-refractivity contribution in [2.24, 2.45) is 0 Å². The Bertz CT molecular complexity index is 221. The third-order valence-corrected chi connectivity index (χ3v) is 3.11. The Kier molecular flexibility index (Phi) is 6.42. The lowest BCUT2D eigenvalue weighted by atomic mass is 10.6. The zero-order valence-corrected chi connectivity index (χ0v) is 9.90. The summed E-state index contributed by atoms with van der Waals surface area (Å²) in [4.78, 5) is 4.29. The molecule has 1 heterocycles. The number of hydrogen-bond acceptors (Lipinski definition) is 4. The van der Waals surface area contributed by atoms with Crippen molar-refractivity contribution >= 4 is 23.3 Å². The van der Waals surface area contributed by atoms with Crippen molar-refractivity contribution in [1.82, 2.24) is 9.71 Å². The molecule has 0 bridgehead atoms. The molecule has 0 fully saturated rings. The monoisotopic (exact) mass is 204 g/mol. The molecule has 1 N–H and O–H groups in total. The normalized spacial score (nSPS) is 9.08. The maximum atomic E-state index is 4.29. The molecule has 0 saturated carbocycles. The molecule has 12 heavy (non-hydrogen) atoms. The van der Waals surface area contributed by atoms with Crippen LogP contribution in [0.2, 0.25) is 0 Å². The second-order valence-electron chi connectivity index (χ2n) is 1.91. The van der Waals surface area contributed by atoms with Gasteiger partial charge in [0.15, 0.2) is 0 Å². The molecule has 0 radical (unpaired) electrons. The zero-order chi connectivity index (χ0) is 9.56. The molecule has 0 aliphatic carbocycles. The van der Waals surface area contributed by atoms with Crippen LogP contribution in [0, 0.1) is 13.8 Å². The first kappa shape index (κ1) is 11.9. The van der Waals surface area contributed by atoms with E-state index in [1.165, 1.54) is 4.21 Å². The van der Waals surface area contributed by atoms with Crippen molar-refractivity contribution in [3.05, 3.63) is 10.7 Å². The van der Waals surface area contributed by atoms with Crippen LogP contribution in [0.3, 0.4) is 0 Å². The van der Waals surface area contributed by atoms with Gasteiger partial charge in [-0.05, 0) is 32.8 Å². The number of aryl methyl sites for hydroxylation is 2. The first-order chi connectivity index (χ1) is 5.74. The van der Waals surface area contributed by atoms with E-state index in [9.17, 15) is 0 Å². The van der Waals surface area contributed by atoms with E-state index < -0.39 is 0 Å². The summed E-state index contributed by atoms with van der Waals surface area (Å²) in [5.74, 6) is 0. The van der Waals surface area contributed by atoms with Crippen LogP contribution in [0.5, 0.6) is 0 Å². The molecule has 70 valence electrons. The molecule has 0 aromatic carbocycles. The molecule has 1 rings (SSSR count). The van der Waals surface area contributed by atoms with E-state index in [-0.39, 0.29) is 0 Å². The fraction of sp³-hybridized carbons (Fsp3) is 0.625. The number of nitrogens with zero attached hydrogens (tertiary/aromatic N) is 1. The van der Waals surface area contributed by atoms with Gasteiger partial charge in [-0.25, -0.2) is 4.98 Å². The maximum absolute atomic E-state index is 4.29. The van der Waals surface area contributed by atoms with Gasteiger partial charge in [0.1, 0.15) is 0 Å². The summed E-state index contributed by atoms with van der Waals surface area (Å²) in [5.41, 5.74) is 1.13. The SMILES string of the molecule is CC.CNSc1sc(C)nc1C. The third kappa shape index (κ3) is 3.56. The molecule has 0 unspecified atom stereocenters. The van der Waals surface area contributed by atoms with E-state index in [0.717, 1.165) is 10.7 Å². The molecule has 1 aromatic rings. The summed E-state index contributed by atoms with van der Waals surface area (Å²) >= 11 is 3.36. The average Bonchev–Trinajstić information content (AvgIpc) is 2.35. The summed E-state index contributed by atoms with van der Waals surface area (Å²) in [5, 5.41) is 1.13. The quantitative estimate of drug-likeness (QED) is 0.750. The smallest absolute Gasteiger partial charge is 0.0981 e. The Morgan fingerprint density at radius 3 is 2.25 bits per heavy atom. The molecule has 0 spiro atoms. The second kappa shape index (κ2) is 6.46. The van der Waals surface area contributed by atoms with Gasteiger partial charge < -0.3 is 0 Å². The first-order valence-electron chi connectivity index (χ1n) is 4.01. The number of thiazole rings is 1. The van der Waals surface area contributed by atoms with Crippen LogP contribution < -0.4 is 4.72 Å². The zero-order valence-electron chi connectivity index (χ0n) is 8.26. The summed E-state index contributed by atoms with van der Waals surface area (Å²) in [6.07, 6.45) is 0. The highest BCUT2D eigenvalue weighted by Gasteiger charge is 2.02. The molecule has 0 atom stereocenters. The highest BCUT2D eigenvalue weighted by molar-refractivity contribution is 7.99. The summed E-state index contributed by atoms with van der Waals surface area (Å²) in [6.45, 7) is 8.06. The number of aromatic nitrogens is 1. The van der Waals surface area contributed by atoms with Crippen molar-refractivity contribution in [1.29, 1.82) is 0 Å². The molecule has 0 amide bonds. The van der Waals surface area contributed by atoms with Gasteiger partial charge in [-0.15, -0.1) is 11.3 Å². The van der Waals surface area contributed by atoms with Crippen molar-refractivity contribution in [3.63, 3.8) is 0 Å². The molecule has 0 aliphatic heterocycles. The molecule has 0 aliphatic rings. The summed E-state index contributed by atoms with van der Waals surface area (Å²) < 4.78 is 4.29. The minimum Gasteiger partial charge on any atom is -0.262 e. The van der Waals surface area contributed by atoms with Crippen LogP contribution in [-0.2, 0) is 0 Å². The summed E-state index contributed by atoms with van der Waals surface area (Å²) in [7, 11) is 1.92. The minimum atomic E-state index is 1.13. The number of nitrogens with one attached hydrogen (secondary N) is 1. The molecular weight excluding hydrogens is 188 g/mol. The van der Waals surface area contributed by atoms with Crippen LogP contribution in [0.1, 0.15) is 24.5 Å². The Balaban J connectivity index is 0.000000561. The molecule has 4 heteroatoms. The lowest BCUT2D eigenvalue weighted by Crippen LogP contribution is -1.89. The van der Waals surface area contributed by atoms with Crippen LogP contribution in [0.4, 0.5) is 0 Å². The van der Waals surface area contributed by atoms with Crippen molar-refractivity contribution < 1.29 is 0 Å². The van der Waals surface area contributed by atoms with Crippen LogP contribution in [0.15, 0.2) is 4.21 Å². The second-order valence-corrected chi connectivity index (χ2v) is 4.39. The molecule has 0 saturated heterocycles. The van der Waals surface area contributed by atoms with Crippen LogP contribution >= 0.6 is 23.3 Å². The van der Waals surface area contributed by atoms with E-state index in [2.05, 4.69) is 9.71 Å². The van der Waals surface area contributed by atoms with E-state index in [4.69, 9.17) is 0 Å². The predicted molar refractivity (Wildman–Crippen MR) is 57.9 cm³/mol. The van der Waals surface area contributed by atoms with E-state index >= 15 is 0 Å². The Morgan fingerprint density at radius 1 is 1.33 bits per heavy atom. The average molecular weight is 204 g/mol. The largest absolute Gasteiger partial charge is 0.262 e. The standard InChI is InChI=1S/C6H10N2S2.C2H6/c1-4-6(10-7-3)9-5(2)8-4;1-2/h7H,1-3H3;1-2H3. The van der Waals surface area contributed by atoms with Gasteiger partial charge >= 0.3 is 0 Å². The molecule has 1 aromatic heterocycles. The van der Waals surface area contributed by atoms with E-state index in [1.54, 1.807) is 23.3 Å². The van der Waals surface area contributed by atoms with Gasteiger partial charge in [0.2, 0.25) is 0 Å². The van der Waals surface area contributed by atoms with Gasteiger partial charge in [0.25, 0.3) is 0 Å². The van der Waals surface area contributed by atoms with E-state index in [0.29, 0.717) is 0 Å². The van der Waals surface area contributed by atoms with Crippen LogP contribution in [0.25, 0.3) is 0 Å². The fourth-order valence-corrected chi connectivity index (χ4v) is 2.50. The first-order valence-corrected chi connectivity index (χ1v) is 5.65. The van der Waals surface area contributed by atoms with E-state index in [1.807, 2.05) is 34.7 Å². The lowest BCUT2D eigenvalue weighted by Gasteiger charge is -1.91. The fourth-order valence-electron chi connectivity index (χ4n) is 0.700. The Morgan fingerprint density at radius 2 is 1.92 bits per heavy atom. The molecular formula is C8H16N2S2. The van der Waals surface area contributed by atoms with Gasteiger partial charge in [-0.3, -0.25) is 4.72 Å². The topological polar surface area (TPSA) is 24.9 Å². The Labute approximate surface area is 82.9 Å². The summed E-state index contributed by atoms with van der Waals surface area (Å²) in [6, 6.07) is 0. The minimum absolute atomic E-state index is 1.13. The van der Waals surface area contributed by atoms with Gasteiger partial charge in [0.05, 0.1) is 14.9 Å². The highest BCUT2D eigenvalue weighted by atomic mass is 32.2. The third-order valence-electron chi connectivity index (χ3n) is 1.06. The van der Waals surface area contributed by atoms with Gasteiger partial charge in [0, 0.05) is 0 Å². The van der Waals surface area contributed by atoms with Crippen LogP contribution in [-0.4, -0.2) is 12.0 Å². The van der Waals surface area contributed by atoms with Crippen molar-refractivity contribution in [2.45, 2.75) is 31.9 Å². The highest BCUT2D eigenvalue weighted by Crippen LogP contribution is 2.25. The van der Waals surface area contributed by atoms with Crippen molar-refractivity contribution in [3.8, 4) is 0 Å². The Hall–Kier alpha value is -0.0600. The predicted octanol–water partition coefficient (Wildman–Crippen LogP) is 3.01. The van der Waals surface area contributed by atoms with Crippen molar-refractivity contribution in [2.75, 3.05) is 7.05 Å². The van der Waals surface area contributed by atoms with Gasteiger partial charge in [-0.1, -0.05) is 13.8 Å². The lowest BCUT2D eigenvalue weighted by molar-refractivity contribution is 1.16. The number of rotatable bonds is 2. The number of hydrogen-bond donors (Lipinski definition) is 1. The molecule has 2 nitrogen and oxygen atoms in total. The van der Waals surface area contributed by atoms with Gasteiger partial charge in [-0.2, -0.15) is 0 Å².